The van der Waals surface area contributed by atoms with Crippen molar-refractivity contribution in [2.75, 3.05) is 20.1 Å². The number of hydrogen-bond acceptors (Lipinski definition) is 3. The Morgan fingerprint density at radius 3 is 2.94 bits per heavy atom. The average Bonchev–Trinajstić information content (AvgIpc) is 3.01. The molecule has 0 aliphatic heterocycles. The van der Waals surface area contributed by atoms with Crippen LogP contribution in [0.1, 0.15) is 24.1 Å². The molecule has 2 rings (SSSR count). The second kappa shape index (κ2) is 5.80. The molecule has 1 aliphatic rings. The average molecular weight is 238 g/mol. The maximum absolute atomic E-state index is 6.09. The van der Waals surface area contributed by atoms with Gasteiger partial charge in [0.15, 0.2) is 0 Å². The quantitative estimate of drug-likeness (QED) is 0.790. The SMILES string of the molecule is CN(CCc1cccs1)CCC(N)C1CC1. The molecule has 90 valence electrons. The lowest BCUT2D eigenvalue weighted by molar-refractivity contribution is 0.316. The highest BCUT2D eigenvalue weighted by atomic mass is 32.1. The Bertz CT molecular complexity index is 293. The summed E-state index contributed by atoms with van der Waals surface area (Å²) in [5.74, 6) is 0.839. The summed E-state index contributed by atoms with van der Waals surface area (Å²) in [4.78, 5) is 3.89. The highest BCUT2D eigenvalue weighted by molar-refractivity contribution is 7.09. The molecular weight excluding hydrogens is 216 g/mol. The van der Waals surface area contributed by atoms with Gasteiger partial charge in [-0.15, -0.1) is 11.3 Å². The van der Waals surface area contributed by atoms with E-state index in [1.807, 2.05) is 11.3 Å². The van der Waals surface area contributed by atoms with Gasteiger partial charge in [0.05, 0.1) is 0 Å². The van der Waals surface area contributed by atoms with Crippen LogP contribution in [0.2, 0.25) is 0 Å². The van der Waals surface area contributed by atoms with Gasteiger partial charge in [-0.3, -0.25) is 0 Å². The van der Waals surface area contributed by atoms with Crippen LogP contribution >= 0.6 is 11.3 Å². The molecule has 0 radical (unpaired) electrons. The Morgan fingerprint density at radius 2 is 2.31 bits per heavy atom. The lowest BCUT2D eigenvalue weighted by Crippen LogP contribution is -2.30. The molecule has 16 heavy (non-hydrogen) atoms. The zero-order valence-corrected chi connectivity index (χ0v) is 10.9. The Hall–Kier alpha value is -0.380. The van der Waals surface area contributed by atoms with Crippen molar-refractivity contribution >= 4 is 11.3 Å². The molecular formula is C13H22N2S. The number of nitrogens with zero attached hydrogens (tertiary/aromatic N) is 1. The molecule has 0 aromatic carbocycles. The Morgan fingerprint density at radius 1 is 1.50 bits per heavy atom. The summed E-state index contributed by atoms with van der Waals surface area (Å²) in [6.07, 6.45) is 5.05. The fraction of sp³-hybridized carbons (Fsp3) is 0.692. The minimum absolute atomic E-state index is 0.448. The third-order valence-electron chi connectivity index (χ3n) is 3.39. The van der Waals surface area contributed by atoms with Crippen molar-refractivity contribution in [1.82, 2.24) is 4.90 Å². The topological polar surface area (TPSA) is 29.3 Å². The zero-order valence-electron chi connectivity index (χ0n) is 10.1. The Labute approximate surface area is 102 Å². The van der Waals surface area contributed by atoms with Gasteiger partial charge in [-0.2, -0.15) is 0 Å². The fourth-order valence-corrected chi connectivity index (χ4v) is 2.70. The van der Waals surface area contributed by atoms with Crippen molar-refractivity contribution in [2.24, 2.45) is 11.7 Å². The summed E-state index contributed by atoms with van der Waals surface area (Å²) in [5.41, 5.74) is 6.09. The summed E-state index contributed by atoms with van der Waals surface area (Å²) >= 11 is 1.85. The van der Waals surface area contributed by atoms with Gasteiger partial charge < -0.3 is 10.6 Å². The van der Waals surface area contributed by atoms with Gasteiger partial charge in [-0.05, 0) is 56.6 Å². The minimum Gasteiger partial charge on any atom is -0.327 e. The summed E-state index contributed by atoms with van der Waals surface area (Å²) in [6.45, 7) is 2.29. The molecule has 1 fully saturated rings. The van der Waals surface area contributed by atoms with Crippen molar-refractivity contribution in [3.63, 3.8) is 0 Å². The van der Waals surface area contributed by atoms with Gasteiger partial charge in [-0.1, -0.05) is 6.07 Å². The predicted octanol–water partition coefficient (Wildman–Crippen LogP) is 2.35. The largest absolute Gasteiger partial charge is 0.327 e. The molecule has 3 heteroatoms. The molecule has 1 aromatic rings. The summed E-state index contributed by atoms with van der Waals surface area (Å²) in [6, 6.07) is 4.79. The monoisotopic (exact) mass is 238 g/mol. The maximum atomic E-state index is 6.09. The van der Waals surface area contributed by atoms with Crippen molar-refractivity contribution in [2.45, 2.75) is 31.7 Å². The first-order valence-electron chi connectivity index (χ1n) is 6.22. The number of thiophene rings is 1. The lowest BCUT2D eigenvalue weighted by Gasteiger charge is -2.18. The van der Waals surface area contributed by atoms with Crippen LogP contribution in [0.25, 0.3) is 0 Å². The molecule has 0 amide bonds. The second-order valence-electron chi connectivity index (χ2n) is 4.92. The maximum Gasteiger partial charge on any atom is 0.00793 e. The fourth-order valence-electron chi connectivity index (χ4n) is 2.00. The van der Waals surface area contributed by atoms with E-state index in [1.54, 1.807) is 0 Å². The second-order valence-corrected chi connectivity index (χ2v) is 5.95. The van der Waals surface area contributed by atoms with Gasteiger partial charge in [0, 0.05) is 17.5 Å². The Kier molecular flexibility index (Phi) is 4.38. The van der Waals surface area contributed by atoms with E-state index in [-0.39, 0.29) is 0 Å². The van der Waals surface area contributed by atoms with E-state index in [4.69, 9.17) is 5.73 Å². The zero-order chi connectivity index (χ0) is 11.4. The number of likely N-dealkylation sites (N-methyl/N-ethyl adjacent to an activating group) is 1. The highest BCUT2D eigenvalue weighted by Gasteiger charge is 2.27. The number of rotatable bonds is 7. The normalized spacial score (nSPS) is 17.9. The number of nitrogens with two attached hydrogens (primary N) is 1. The van der Waals surface area contributed by atoms with E-state index in [1.165, 1.54) is 24.1 Å². The van der Waals surface area contributed by atoms with Gasteiger partial charge >= 0.3 is 0 Å². The van der Waals surface area contributed by atoms with E-state index in [0.717, 1.165) is 25.4 Å². The molecule has 1 aromatic heterocycles. The molecule has 1 aliphatic carbocycles. The van der Waals surface area contributed by atoms with Crippen molar-refractivity contribution in [1.29, 1.82) is 0 Å². The third kappa shape index (κ3) is 3.89. The lowest BCUT2D eigenvalue weighted by atomic mass is 10.1. The van der Waals surface area contributed by atoms with Crippen LogP contribution in [-0.4, -0.2) is 31.1 Å². The summed E-state index contributed by atoms with van der Waals surface area (Å²) in [5, 5.41) is 2.15. The van der Waals surface area contributed by atoms with Gasteiger partial charge in [0.2, 0.25) is 0 Å². The molecule has 1 unspecified atom stereocenters. The van der Waals surface area contributed by atoms with Gasteiger partial charge in [0.1, 0.15) is 0 Å². The highest BCUT2D eigenvalue weighted by Crippen LogP contribution is 2.32. The Balaban J connectivity index is 1.58. The van der Waals surface area contributed by atoms with Gasteiger partial charge in [0.25, 0.3) is 0 Å². The van der Waals surface area contributed by atoms with Crippen LogP contribution < -0.4 is 5.73 Å². The molecule has 1 atom stereocenters. The molecule has 0 bridgehead atoms. The minimum atomic E-state index is 0.448. The van der Waals surface area contributed by atoms with E-state index >= 15 is 0 Å². The standard InChI is InChI=1S/C13H22N2S/c1-15(8-6-12-3-2-10-16-12)9-7-13(14)11-4-5-11/h2-3,10-11,13H,4-9,14H2,1H3. The first-order valence-corrected chi connectivity index (χ1v) is 7.10. The van der Waals surface area contributed by atoms with Crippen LogP contribution in [0.4, 0.5) is 0 Å². The predicted molar refractivity (Wildman–Crippen MR) is 70.8 cm³/mol. The first-order chi connectivity index (χ1) is 7.75. The molecule has 0 saturated heterocycles. The smallest absolute Gasteiger partial charge is 0.00793 e. The van der Waals surface area contributed by atoms with E-state index in [2.05, 4.69) is 29.5 Å². The molecule has 2 nitrogen and oxygen atoms in total. The molecule has 1 heterocycles. The summed E-state index contributed by atoms with van der Waals surface area (Å²) < 4.78 is 0. The molecule has 1 saturated carbocycles. The van der Waals surface area contributed by atoms with E-state index in [9.17, 15) is 0 Å². The number of hydrogen-bond donors (Lipinski definition) is 1. The third-order valence-corrected chi connectivity index (χ3v) is 4.33. The van der Waals surface area contributed by atoms with Crippen LogP contribution in [0.15, 0.2) is 17.5 Å². The van der Waals surface area contributed by atoms with Crippen LogP contribution in [0, 0.1) is 5.92 Å². The molecule has 2 N–H and O–H groups in total. The first kappa shape index (κ1) is 12.1. The van der Waals surface area contributed by atoms with Crippen LogP contribution in [0.5, 0.6) is 0 Å². The van der Waals surface area contributed by atoms with E-state index in [0.29, 0.717) is 6.04 Å². The van der Waals surface area contributed by atoms with Crippen LogP contribution in [-0.2, 0) is 6.42 Å². The van der Waals surface area contributed by atoms with Crippen LogP contribution in [0.3, 0.4) is 0 Å². The van der Waals surface area contributed by atoms with E-state index < -0.39 is 0 Å². The summed E-state index contributed by atoms with van der Waals surface area (Å²) in [7, 11) is 2.20. The molecule has 0 spiro atoms. The van der Waals surface area contributed by atoms with Crippen molar-refractivity contribution < 1.29 is 0 Å². The van der Waals surface area contributed by atoms with Gasteiger partial charge in [-0.25, -0.2) is 0 Å². The van der Waals surface area contributed by atoms with Crippen molar-refractivity contribution in [3.05, 3.63) is 22.4 Å². The van der Waals surface area contributed by atoms with Crippen molar-refractivity contribution in [3.8, 4) is 0 Å².